The van der Waals surface area contributed by atoms with Crippen molar-refractivity contribution < 1.29 is 27.1 Å². The number of rotatable bonds is 4. The van der Waals surface area contributed by atoms with Crippen molar-refractivity contribution in [2.75, 3.05) is 31.6 Å². The van der Waals surface area contributed by atoms with E-state index in [2.05, 4.69) is 5.32 Å². The van der Waals surface area contributed by atoms with Crippen molar-refractivity contribution in [2.24, 2.45) is 0 Å². The first-order valence-electron chi connectivity index (χ1n) is 9.55. The fourth-order valence-electron chi connectivity index (χ4n) is 3.63. The Bertz CT molecular complexity index is 1110. The van der Waals surface area contributed by atoms with Gasteiger partial charge < -0.3 is 14.8 Å². The van der Waals surface area contributed by atoms with Crippen molar-refractivity contribution in [3.05, 3.63) is 57.8 Å². The lowest BCUT2D eigenvalue weighted by Gasteiger charge is -2.36. The number of benzene rings is 2. The number of sulfonamides is 1. The molecule has 4 rings (SSSR count). The van der Waals surface area contributed by atoms with Gasteiger partial charge in [0, 0.05) is 25.9 Å². The minimum absolute atomic E-state index is 0.0975. The topological polar surface area (TPSA) is 84.9 Å². The van der Waals surface area contributed by atoms with Gasteiger partial charge in [0.25, 0.3) is 5.91 Å². The smallest absolute Gasteiger partial charge is 0.258 e. The third kappa shape index (κ3) is 4.44. The van der Waals surface area contributed by atoms with Crippen LogP contribution in [0.5, 0.6) is 0 Å². The van der Waals surface area contributed by atoms with E-state index in [1.807, 2.05) is 0 Å². The molecular weight excluding hydrogens is 470 g/mol. The zero-order valence-electron chi connectivity index (χ0n) is 16.2. The summed E-state index contributed by atoms with van der Waals surface area (Å²) < 4.78 is 53.1. The van der Waals surface area contributed by atoms with E-state index in [-0.39, 0.29) is 33.7 Å². The number of nitrogens with one attached hydrogen (secondary N) is 1. The molecule has 166 valence electrons. The highest BCUT2D eigenvalue weighted by molar-refractivity contribution is 7.89. The van der Waals surface area contributed by atoms with E-state index in [4.69, 9.17) is 32.7 Å². The van der Waals surface area contributed by atoms with Crippen LogP contribution in [0.4, 0.5) is 10.1 Å². The number of halogens is 3. The SMILES string of the molecule is O=C(Nc1cccc(Cl)c1Cl)c1cc(S(=O)(=O)N2CCC3(CC2)OCCO3)ccc1F. The van der Waals surface area contributed by atoms with E-state index in [0.29, 0.717) is 26.1 Å². The molecule has 0 atom stereocenters. The Balaban J connectivity index is 1.55. The molecule has 11 heteroatoms. The summed E-state index contributed by atoms with van der Waals surface area (Å²) in [6.45, 7) is 1.36. The number of carbonyl (C=O) groups excluding carboxylic acids is 1. The van der Waals surface area contributed by atoms with Crippen molar-refractivity contribution in [3.8, 4) is 0 Å². The molecule has 2 aliphatic rings. The Kier molecular flexibility index (Phi) is 6.26. The maximum absolute atomic E-state index is 14.4. The molecule has 7 nitrogen and oxygen atoms in total. The van der Waals surface area contributed by atoms with Crippen molar-refractivity contribution in [2.45, 2.75) is 23.5 Å². The lowest BCUT2D eigenvalue weighted by molar-refractivity contribution is -0.179. The van der Waals surface area contributed by atoms with Crippen LogP contribution in [0.2, 0.25) is 10.0 Å². The largest absolute Gasteiger partial charge is 0.347 e. The van der Waals surface area contributed by atoms with E-state index < -0.39 is 33.1 Å². The van der Waals surface area contributed by atoms with Gasteiger partial charge in [0.05, 0.1) is 39.4 Å². The monoisotopic (exact) mass is 488 g/mol. The second kappa shape index (κ2) is 8.65. The zero-order chi connectivity index (χ0) is 22.2. The highest BCUT2D eigenvalue weighted by atomic mass is 35.5. The molecule has 2 aromatic carbocycles. The summed E-state index contributed by atoms with van der Waals surface area (Å²) >= 11 is 12.0. The standard InChI is InChI=1S/C20H19Cl2FN2O5S/c21-15-2-1-3-17(18(15)22)24-19(26)14-12-13(4-5-16(14)23)31(27,28)25-8-6-20(7-9-25)29-10-11-30-20/h1-5,12H,6-11H2,(H,24,26). The summed E-state index contributed by atoms with van der Waals surface area (Å²) in [4.78, 5) is 12.4. The molecule has 1 N–H and O–H groups in total. The fourth-order valence-corrected chi connectivity index (χ4v) is 5.45. The van der Waals surface area contributed by atoms with Crippen LogP contribution in [0.3, 0.4) is 0 Å². The Morgan fingerprint density at radius 3 is 2.45 bits per heavy atom. The average molecular weight is 489 g/mol. The summed E-state index contributed by atoms with van der Waals surface area (Å²) in [5.41, 5.74) is -0.238. The molecular formula is C20H19Cl2FN2O5S. The Morgan fingerprint density at radius 2 is 1.77 bits per heavy atom. The number of ether oxygens (including phenoxy) is 2. The van der Waals surface area contributed by atoms with Gasteiger partial charge in [-0.25, -0.2) is 12.8 Å². The number of hydrogen-bond acceptors (Lipinski definition) is 5. The predicted octanol–water partition coefficient (Wildman–Crippen LogP) is 3.91. The highest BCUT2D eigenvalue weighted by Gasteiger charge is 2.42. The molecule has 31 heavy (non-hydrogen) atoms. The number of carbonyl (C=O) groups is 1. The lowest BCUT2D eigenvalue weighted by atomic mass is 10.1. The van der Waals surface area contributed by atoms with Gasteiger partial charge in [-0.2, -0.15) is 4.31 Å². The average Bonchev–Trinajstić information content (AvgIpc) is 3.19. The minimum atomic E-state index is -3.94. The zero-order valence-corrected chi connectivity index (χ0v) is 18.6. The molecule has 2 aromatic rings. The molecule has 2 fully saturated rings. The molecule has 0 unspecified atom stereocenters. The van der Waals surface area contributed by atoms with E-state index in [1.54, 1.807) is 6.07 Å². The molecule has 0 saturated carbocycles. The van der Waals surface area contributed by atoms with Crippen LogP contribution >= 0.6 is 23.2 Å². The van der Waals surface area contributed by atoms with Crippen molar-refractivity contribution >= 4 is 44.8 Å². The highest BCUT2D eigenvalue weighted by Crippen LogP contribution is 2.34. The fraction of sp³-hybridized carbons (Fsp3) is 0.350. The molecule has 0 radical (unpaired) electrons. The Hall–Kier alpha value is -1.75. The van der Waals surface area contributed by atoms with Crippen LogP contribution in [0.15, 0.2) is 41.3 Å². The number of anilines is 1. The van der Waals surface area contributed by atoms with E-state index in [0.717, 1.165) is 18.2 Å². The molecule has 1 amide bonds. The van der Waals surface area contributed by atoms with E-state index in [9.17, 15) is 17.6 Å². The van der Waals surface area contributed by atoms with Crippen LogP contribution in [0.1, 0.15) is 23.2 Å². The Morgan fingerprint density at radius 1 is 1.10 bits per heavy atom. The second-order valence-corrected chi connectivity index (χ2v) is 9.93. The van der Waals surface area contributed by atoms with Crippen LogP contribution in [-0.2, 0) is 19.5 Å². The number of amides is 1. The molecule has 2 heterocycles. The van der Waals surface area contributed by atoms with Gasteiger partial charge in [0.2, 0.25) is 10.0 Å². The van der Waals surface area contributed by atoms with Crippen LogP contribution in [0, 0.1) is 5.82 Å². The number of piperidine rings is 1. The molecule has 0 aliphatic carbocycles. The summed E-state index contributed by atoms with van der Waals surface area (Å²) in [6, 6.07) is 7.73. The van der Waals surface area contributed by atoms with Gasteiger partial charge >= 0.3 is 0 Å². The van der Waals surface area contributed by atoms with Crippen molar-refractivity contribution in [3.63, 3.8) is 0 Å². The number of hydrogen-bond donors (Lipinski definition) is 1. The minimum Gasteiger partial charge on any atom is -0.347 e. The Labute approximate surface area is 189 Å². The van der Waals surface area contributed by atoms with E-state index >= 15 is 0 Å². The van der Waals surface area contributed by atoms with Gasteiger partial charge in [-0.05, 0) is 30.3 Å². The maximum Gasteiger partial charge on any atom is 0.258 e. The summed E-state index contributed by atoms with van der Waals surface area (Å²) in [7, 11) is -3.94. The van der Waals surface area contributed by atoms with Crippen molar-refractivity contribution in [1.82, 2.24) is 4.31 Å². The van der Waals surface area contributed by atoms with Crippen LogP contribution in [0.25, 0.3) is 0 Å². The van der Waals surface area contributed by atoms with Gasteiger partial charge in [0.15, 0.2) is 5.79 Å². The molecule has 2 saturated heterocycles. The van der Waals surface area contributed by atoms with E-state index in [1.165, 1.54) is 16.4 Å². The molecule has 1 spiro atoms. The van der Waals surface area contributed by atoms with Crippen LogP contribution in [-0.4, -0.2) is 50.7 Å². The predicted molar refractivity (Wildman–Crippen MR) is 113 cm³/mol. The summed E-state index contributed by atoms with van der Waals surface area (Å²) in [5, 5.41) is 2.78. The van der Waals surface area contributed by atoms with Gasteiger partial charge in [-0.3, -0.25) is 4.79 Å². The summed E-state index contributed by atoms with van der Waals surface area (Å²) in [6.07, 6.45) is 0.794. The lowest BCUT2D eigenvalue weighted by Crippen LogP contribution is -2.47. The molecule has 0 bridgehead atoms. The van der Waals surface area contributed by atoms with Gasteiger partial charge in [-0.1, -0.05) is 29.3 Å². The first-order chi connectivity index (χ1) is 14.7. The third-order valence-electron chi connectivity index (χ3n) is 5.32. The molecule has 0 aromatic heterocycles. The third-order valence-corrected chi connectivity index (χ3v) is 8.03. The second-order valence-electron chi connectivity index (χ2n) is 7.21. The maximum atomic E-state index is 14.4. The molecule has 2 aliphatic heterocycles. The first-order valence-corrected chi connectivity index (χ1v) is 11.7. The normalized spacial score (nSPS) is 18.9. The first kappa shape index (κ1) is 22.4. The quantitative estimate of drug-likeness (QED) is 0.704. The summed E-state index contributed by atoms with van der Waals surface area (Å²) in [5.74, 6) is -2.43. The number of nitrogens with zero attached hydrogens (tertiary/aromatic N) is 1. The van der Waals surface area contributed by atoms with Crippen molar-refractivity contribution in [1.29, 1.82) is 0 Å². The van der Waals surface area contributed by atoms with Crippen LogP contribution < -0.4 is 5.32 Å². The van der Waals surface area contributed by atoms with Gasteiger partial charge in [0.1, 0.15) is 5.82 Å². The van der Waals surface area contributed by atoms with Gasteiger partial charge in [-0.15, -0.1) is 0 Å².